The van der Waals surface area contributed by atoms with Crippen LogP contribution in [-0.4, -0.2) is 42.3 Å². The van der Waals surface area contributed by atoms with Crippen LogP contribution in [0.4, 0.5) is 0 Å². The Morgan fingerprint density at radius 1 is 1.77 bits per heavy atom. The molecule has 0 aromatic carbocycles. The lowest BCUT2D eigenvalue weighted by Gasteiger charge is -2.21. The van der Waals surface area contributed by atoms with Gasteiger partial charge >= 0.3 is 0 Å². The van der Waals surface area contributed by atoms with E-state index in [0.717, 1.165) is 19.4 Å². The quantitative estimate of drug-likeness (QED) is 0.404. The average molecular weight is 184 g/mol. The maximum absolute atomic E-state index is 8.92. The van der Waals surface area contributed by atoms with E-state index in [4.69, 9.17) is 10.6 Å². The van der Waals surface area contributed by atoms with Gasteiger partial charge < -0.3 is 10.0 Å². The summed E-state index contributed by atoms with van der Waals surface area (Å²) < 4.78 is 0. The van der Waals surface area contributed by atoms with Crippen molar-refractivity contribution in [2.24, 2.45) is 5.11 Å². The molecular formula is C8H16N4O. The van der Waals surface area contributed by atoms with Gasteiger partial charge in [0.25, 0.3) is 0 Å². The van der Waals surface area contributed by atoms with E-state index in [1.807, 2.05) is 0 Å². The molecule has 0 aromatic heterocycles. The molecular weight excluding hydrogens is 168 g/mol. The second-order valence-corrected chi connectivity index (χ2v) is 3.55. The van der Waals surface area contributed by atoms with Gasteiger partial charge in [-0.05, 0) is 38.4 Å². The maximum atomic E-state index is 8.92. The predicted molar refractivity (Wildman–Crippen MR) is 50.3 cm³/mol. The first-order valence-electron chi connectivity index (χ1n) is 4.63. The van der Waals surface area contributed by atoms with Gasteiger partial charge in [-0.3, -0.25) is 0 Å². The minimum Gasteiger partial charge on any atom is -0.396 e. The summed E-state index contributed by atoms with van der Waals surface area (Å²) in [6, 6.07) is 0.221. The van der Waals surface area contributed by atoms with Crippen LogP contribution in [0.5, 0.6) is 0 Å². The lowest BCUT2D eigenvalue weighted by Crippen LogP contribution is -2.29. The third-order valence-electron chi connectivity index (χ3n) is 2.64. The Kier molecular flexibility index (Phi) is 4.02. The third-order valence-corrected chi connectivity index (χ3v) is 2.64. The molecule has 5 heteroatoms. The minimum absolute atomic E-state index is 0.0472. The Hall–Kier alpha value is -0.770. The van der Waals surface area contributed by atoms with E-state index in [1.165, 1.54) is 6.42 Å². The Balaban J connectivity index is 2.40. The highest BCUT2D eigenvalue weighted by molar-refractivity contribution is 4.81. The van der Waals surface area contributed by atoms with Gasteiger partial charge in [0.15, 0.2) is 0 Å². The van der Waals surface area contributed by atoms with Gasteiger partial charge in [-0.25, -0.2) is 0 Å². The lowest BCUT2D eigenvalue weighted by atomic mass is 10.1. The molecule has 2 unspecified atom stereocenters. The number of aliphatic hydroxyl groups excluding tert-OH is 1. The van der Waals surface area contributed by atoms with Crippen molar-refractivity contribution in [3.8, 4) is 0 Å². The van der Waals surface area contributed by atoms with Gasteiger partial charge in [0, 0.05) is 11.0 Å². The van der Waals surface area contributed by atoms with Crippen molar-refractivity contribution in [2.45, 2.75) is 31.3 Å². The van der Waals surface area contributed by atoms with Crippen molar-refractivity contribution in [3.05, 3.63) is 10.4 Å². The van der Waals surface area contributed by atoms with Gasteiger partial charge in [-0.1, -0.05) is 5.11 Å². The molecule has 0 bridgehead atoms. The fourth-order valence-corrected chi connectivity index (χ4v) is 1.82. The number of hydrogen-bond acceptors (Lipinski definition) is 3. The monoisotopic (exact) mass is 184 g/mol. The number of aliphatic hydroxyl groups is 1. The van der Waals surface area contributed by atoms with Crippen LogP contribution in [0.1, 0.15) is 19.3 Å². The first kappa shape index (κ1) is 10.3. The molecule has 5 nitrogen and oxygen atoms in total. The highest BCUT2D eigenvalue weighted by Crippen LogP contribution is 2.20. The minimum atomic E-state index is -0.254. The van der Waals surface area contributed by atoms with Crippen molar-refractivity contribution in [1.82, 2.24) is 4.90 Å². The van der Waals surface area contributed by atoms with Gasteiger partial charge in [0.2, 0.25) is 0 Å². The van der Waals surface area contributed by atoms with Crippen molar-refractivity contribution >= 4 is 0 Å². The predicted octanol–water partition coefficient (Wildman–Crippen LogP) is 1.14. The average Bonchev–Trinajstić information content (AvgIpc) is 2.51. The van der Waals surface area contributed by atoms with E-state index < -0.39 is 0 Å². The second kappa shape index (κ2) is 5.07. The summed E-state index contributed by atoms with van der Waals surface area (Å²) in [4.78, 5) is 4.98. The Morgan fingerprint density at radius 2 is 2.54 bits per heavy atom. The van der Waals surface area contributed by atoms with Crippen molar-refractivity contribution < 1.29 is 5.11 Å². The number of hydrogen-bond donors (Lipinski definition) is 1. The standard InChI is InChI=1S/C8H16N4O/c1-12-4-2-3-8(12)5-7(6-13)10-11-9/h7-8,13H,2-6H2,1H3. The molecule has 0 aromatic rings. The van der Waals surface area contributed by atoms with Crippen LogP contribution in [-0.2, 0) is 0 Å². The number of azide groups is 1. The summed E-state index contributed by atoms with van der Waals surface area (Å²) in [6.07, 6.45) is 3.13. The SMILES string of the molecule is CN1CCCC1CC(CO)N=[N+]=[N-]. The highest BCUT2D eigenvalue weighted by atomic mass is 16.3. The largest absolute Gasteiger partial charge is 0.396 e. The summed E-state index contributed by atoms with van der Waals surface area (Å²) in [5, 5.41) is 12.5. The number of rotatable bonds is 4. The first-order chi connectivity index (χ1) is 6.27. The van der Waals surface area contributed by atoms with Gasteiger partial charge in [-0.2, -0.15) is 0 Å². The summed E-state index contributed by atoms with van der Waals surface area (Å²) in [7, 11) is 2.07. The first-order valence-corrected chi connectivity index (χ1v) is 4.63. The molecule has 1 saturated heterocycles. The topological polar surface area (TPSA) is 72.2 Å². The summed E-state index contributed by atoms with van der Waals surface area (Å²) in [5.74, 6) is 0. The van der Waals surface area contributed by atoms with Crippen LogP contribution in [0.15, 0.2) is 5.11 Å². The molecule has 1 rings (SSSR count). The summed E-state index contributed by atoms with van der Waals surface area (Å²) in [6.45, 7) is 1.06. The zero-order valence-corrected chi connectivity index (χ0v) is 7.93. The van der Waals surface area contributed by atoms with Gasteiger partial charge in [0.1, 0.15) is 0 Å². The Morgan fingerprint density at radius 3 is 3.00 bits per heavy atom. The fraction of sp³-hybridized carbons (Fsp3) is 1.00. The molecule has 0 radical (unpaired) electrons. The summed E-state index contributed by atoms with van der Waals surface area (Å²) >= 11 is 0. The van der Waals surface area contributed by atoms with Crippen LogP contribution in [0.2, 0.25) is 0 Å². The third kappa shape index (κ3) is 2.88. The number of nitrogens with zero attached hydrogens (tertiary/aromatic N) is 4. The molecule has 1 aliphatic heterocycles. The van der Waals surface area contributed by atoms with Gasteiger partial charge in [-0.15, -0.1) is 0 Å². The molecule has 0 spiro atoms. The fourth-order valence-electron chi connectivity index (χ4n) is 1.82. The smallest absolute Gasteiger partial charge is 0.0620 e. The molecule has 1 fully saturated rings. The lowest BCUT2D eigenvalue weighted by molar-refractivity contribution is 0.220. The zero-order chi connectivity index (χ0) is 9.68. The maximum Gasteiger partial charge on any atom is 0.0620 e. The second-order valence-electron chi connectivity index (χ2n) is 3.55. The van der Waals surface area contributed by atoms with Crippen molar-refractivity contribution in [2.75, 3.05) is 20.2 Å². The highest BCUT2D eigenvalue weighted by Gasteiger charge is 2.23. The molecule has 1 N–H and O–H groups in total. The van der Waals surface area contributed by atoms with E-state index in [9.17, 15) is 0 Å². The molecule has 0 aliphatic carbocycles. The van der Waals surface area contributed by atoms with Crippen LogP contribution >= 0.6 is 0 Å². The van der Waals surface area contributed by atoms with Crippen LogP contribution in [0.25, 0.3) is 10.4 Å². The van der Waals surface area contributed by atoms with Crippen molar-refractivity contribution in [3.63, 3.8) is 0 Å². The molecule has 13 heavy (non-hydrogen) atoms. The molecule has 0 amide bonds. The molecule has 1 aliphatic rings. The molecule has 2 atom stereocenters. The van der Waals surface area contributed by atoms with E-state index >= 15 is 0 Å². The Labute approximate surface area is 78.0 Å². The molecule has 1 heterocycles. The van der Waals surface area contributed by atoms with E-state index in [-0.39, 0.29) is 12.6 Å². The van der Waals surface area contributed by atoms with E-state index in [2.05, 4.69) is 22.0 Å². The van der Waals surface area contributed by atoms with Crippen LogP contribution in [0.3, 0.4) is 0 Å². The van der Waals surface area contributed by atoms with Gasteiger partial charge in [0.05, 0.1) is 12.6 Å². The van der Waals surface area contributed by atoms with E-state index in [1.54, 1.807) is 0 Å². The van der Waals surface area contributed by atoms with E-state index in [0.29, 0.717) is 6.04 Å². The van der Waals surface area contributed by atoms with Crippen LogP contribution < -0.4 is 0 Å². The zero-order valence-electron chi connectivity index (χ0n) is 7.93. The summed E-state index contributed by atoms with van der Waals surface area (Å²) in [5.41, 5.74) is 8.24. The normalized spacial score (nSPS) is 25.5. The van der Waals surface area contributed by atoms with Crippen LogP contribution in [0, 0.1) is 0 Å². The molecule has 0 saturated carbocycles. The van der Waals surface area contributed by atoms with Crippen molar-refractivity contribution in [1.29, 1.82) is 0 Å². The molecule has 74 valence electrons. The number of likely N-dealkylation sites (tertiary alicyclic amines) is 1. The Bertz CT molecular complexity index is 202.